The van der Waals surface area contributed by atoms with Gasteiger partial charge in [0.05, 0.1) is 6.54 Å². The summed E-state index contributed by atoms with van der Waals surface area (Å²) in [6, 6.07) is 8.68. The number of anilines is 1. The highest BCUT2D eigenvalue weighted by Gasteiger charge is 2.20. The van der Waals surface area contributed by atoms with Gasteiger partial charge < -0.3 is 15.5 Å². The normalized spacial score (nSPS) is 20.8. The van der Waals surface area contributed by atoms with Gasteiger partial charge in [-0.05, 0) is 36.4 Å². The fourth-order valence-electron chi connectivity index (χ4n) is 4.30. The second-order valence-electron chi connectivity index (χ2n) is 8.21. The maximum absolute atomic E-state index is 6.35. The number of halogens is 1. The average Bonchev–Trinajstić information content (AvgIpc) is 3.28. The second-order valence-corrected chi connectivity index (χ2v) is 9.09. The van der Waals surface area contributed by atoms with E-state index in [2.05, 4.69) is 50.9 Å². The Balaban J connectivity index is 0.00000256. The van der Waals surface area contributed by atoms with Crippen LogP contribution in [0.4, 0.5) is 5.13 Å². The van der Waals surface area contributed by atoms with Crippen LogP contribution in [-0.4, -0.2) is 60.0 Å². The molecule has 3 heterocycles. The highest BCUT2D eigenvalue weighted by atomic mass is 127. The summed E-state index contributed by atoms with van der Waals surface area (Å²) in [5, 5.41) is 3.13. The Morgan fingerprint density at radius 1 is 1.17 bits per heavy atom. The summed E-state index contributed by atoms with van der Waals surface area (Å²) in [7, 11) is 0. The van der Waals surface area contributed by atoms with Crippen LogP contribution in [0.1, 0.15) is 30.9 Å². The van der Waals surface area contributed by atoms with E-state index in [0.29, 0.717) is 12.5 Å². The first kappa shape index (κ1) is 23.3. The van der Waals surface area contributed by atoms with Crippen molar-refractivity contribution >= 4 is 46.4 Å². The second kappa shape index (κ2) is 11.3. The Morgan fingerprint density at radius 3 is 2.63 bits per heavy atom. The zero-order chi connectivity index (χ0) is 20.1. The van der Waals surface area contributed by atoms with Crippen LogP contribution < -0.4 is 10.6 Å². The molecule has 2 fully saturated rings. The van der Waals surface area contributed by atoms with E-state index in [-0.39, 0.29) is 24.0 Å². The predicted molar refractivity (Wildman–Crippen MR) is 137 cm³/mol. The molecule has 1 aromatic carbocycles. The van der Waals surface area contributed by atoms with E-state index in [4.69, 9.17) is 10.7 Å². The molecule has 1 aromatic heterocycles. The van der Waals surface area contributed by atoms with Gasteiger partial charge in [0.15, 0.2) is 11.1 Å². The van der Waals surface area contributed by atoms with Crippen molar-refractivity contribution in [2.24, 2.45) is 16.6 Å². The zero-order valence-electron chi connectivity index (χ0n) is 17.7. The molecular weight excluding hydrogens is 507 g/mol. The van der Waals surface area contributed by atoms with Crippen LogP contribution in [0.25, 0.3) is 0 Å². The number of nitrogens with two attached hydrogens (primary N) is 1. The van der Waals surface area contributed by atoms with Crippen molar-refractivity contribution in [1.82, 2.24) is 14.8 Å². The molecule has 0 saturated carbocycles. The molecule has 2 aliphatic rings. The van der Waals surface area contributed by atoms with Crippen molar-refractivity contribution in [3.63, 3.8) is 0 Å². The highest BCUT2D eigenvalue weighted by Crippen LogP contribution is 2.21. The number of guanidine groups is 1. The van der Waals surface area contributed by atoms with Gasteiger partial charge in [-0.3, -0.25) is 4.90 Å². The van der Waals surface area contributed by atoms with Crippen LogP contribution >= 0.6 is 35.3 Å². The van der Waals surface area contributed by atoms with Gasteiger partial charge in [0, 0.05) is 50.8 Å². The van der Waals surface area contributed by atoms with Crippen molar-refractivity contribution < 1.29 is 0 Å². The lowest BCUT2D eigenvalue weighted by Gasteiger charge is -2.35. The Hall–Kier alpha value is -1.39. The van der Waals surface area contributed by atoms with E-state index >= 15 is 0 Å². The van der Waals surface area contributed by atoms with E-state index in [1.807, 2.05) is 11.6 Å². The molecule has 0 aliphatic carbocycles. The summed E-state index contributed by atoms with van der Waals surface area (Å²) in [6.45, 7) is 10.1. The molecule has 0 radical (unpaired) electrons. The van der Waals surface area contributed by atoms with E-state index in [9.17, 15) is 0 Å². The minimum absolute atomic E-state index is 0. The fourth-order valence-corrected chi connectivity index (χ4v) is 5.00. The molecule has 0 bridgehead atoms. The van der Waals surface area contributed by atoms with Gasteiger partial charge in [-0.2, -0.15) is 0 Å². The van der Waals surface area contributed by atoms with Crippen molar-refractivity contribution in [2.45, 2.75) is 32.9 Å². The summed E-state index contributed by atoms with van der Waals surface area (Å²) >= 11 is 1.69. The minimum Gasteiger partial charge on any atom is -0.370 e. The molecule has 2 aliphatic heterocycles. The maximum atomic E-state index is 6.35. The first-order valence-corrected chi connectivity index (χ1v) is 11.6. The third-order valence-corrected chi connectivity index (χ3v) is 6.79. The van der Waals surface area contributed by atoms with Crippen molar-refractivity contribution in [1.29, 1.82) is 0 Å². The number of benzene rings is 1. The number of piperidine rings is 1. The SMILES string of the molecule is CC1CCCN(Cc2ccccc2CN=C(N)N2CCN(c3nccs3)CC2)C1.I. The topological polar surface area (TPSA) is 61.0 Å². The van der Waals surface area contributed by atoms with Crippen LogP contribution in [-0.2, 0) is 13.1 Å². The van der Waals surface area contributed by atoms with Gasteiger partial charge >= 0.3 is 0 Å². The molecule has 1 unspecified atom stereocenters. The zero-order valence-corrected chi connectivity index (χ0v) is 20.9. The lowest BCUT2D eigenvalue weighted by Crippen LogP contribution is -2.51. The largest absolute Gasteiger partial charge is 0.370 e. The molecule has 164 valence electrons. The number of nitrogens with zero attached hydrogens (tertiary/aromatic N) is 5. The third-order valence-electron chi connectivity index (χ3n) is 5.96. The summed E-state index contributed by atoms with van der Waals surface area (Å²) in [6.07, 6.45) is 4.53. The molecular formula is C22H33IN6S. The lowest BCUT2D eigenvalue weighted by atomic mass is 9.99. The quantitative estimate of drug-likeness (QED) is 0.357. The molecule has 2 saturated heterocycles. The molecule has 2 N–H and O–H groups in total. The van der Waals surface area contributed by atoms with Crippen LogP contribution in [0, 0.1) is 5.92 Å². The van der Waals surface area contributed by atoms with Crippen LogP contribution in [0.3, 0.4) is 0 Å². The van der Waals surface area contributed by atoms with Crippen LogP contribution in [0.2, 0.25) is 0 Å². The summed E-state index contributed by atoms with van der Waals surface area (Å²) in [4.78, 5) is 16.3. The number of rotatable bonds is 5. The predicted octanol–water partition coefficient (Wildman–Crippen LogP) is 3.63. The molecule has 4 rings (SSSR count). The number of hydrogen-bond acceptors (Lipinski definition) is 5. The maximum Gasteiger partial charge on any atom is 0.191 e. The Morgan fingerprint density at radius 2 is 1.93 bits per heavy atom. The first-order chi connectivity index (χ1) is 14.2. The number of aliphatic imine (C=N–C) groups is 1. The van der Waals surface area contributed by atoms with Crippen LogP contribution in [0.15, 0.2) is 40.8 Å². The monoisotopic (exact) mass is 540 g/mol. The van der Waals surface area contributed by atoms with E-state index in [0.717, 1.165) is 43.8 Å². The number of likely N-dealkylation sites (tertiary alicyclic amines) is 1. The van der Waals surface area contributed by atoms with Gasteiger partial charge in [-0.25, -0.2) is 9.98 Å². The molecule has 0 amide bonds. The van der Waals surface area contributed by atoms with Gasteiger partial charge in [-0.1, -0.05) is 31.2 Å². The lowest BCUT2D eigenvalue weighted by molar-refractivity contribution is 0.176. The summed E-state index contributed by atoms with van der Waals surface area (Å²) < 4.78 is 0. The van der Waals surface area contributed by atoms with E-state index < -0.39 is 0 Å². The highest BCUT2D eigenvalue weighted by molar-refractivity contribution is 14.0. The molecule has 6 nitrogen and oxygen atoms in total. The molecule has 0 spiro atoms. The third kappa shape index (κ3) is 6.07. The van der Waals surface area contributed by atoms with E-state index in [1.165, 1.54) is 37.1 Å². The van der Waals surface area contributed by atoms with Crippen molar-refractivity contribution in [3.8, 4) is 0 Å². The number of thiazole rings is 1. The smallest absolute Gasteiger partial charge is 0.191 e. The van der Waals surface area contributed by atoms with Crippen molar-refractivity contribution in [3.05, 3.63) is 47.0 Å². The number of piperazine rings is 1. The Labute approximate surface area is 201 Å². The minimum atomic E-state index is 0. The number of aromatic nitrogens is 1. The standard InChI is InChI=1S/C22H32N6S.HI/c1-18-5-4-9-26(16-18)17-20-7-3-2-6-19(20)15-25-21(23)27-10-12-28(13-11-27)22-24-8-14-29-22;/h2-3,6-8,14,18H,4-5,9-13,15-17H2,1H3,(H2,23,25);1H. The van der Waals surface area contributed by atoms with E-state index in [1.54, 1.807) is 11.3 Å². The average molecular weight is 541 g/mol. The Kier molecular flexibility index (Phi) is 8.76. The molecule has 2 aromatic rings. The Bertz CT molecular complexity index is 804. The van der Waals surface area contributed by atoms with Crippen molar-refractivity contribution in [2.75, 3.05) is 44.2 Å². The van der Waals surface area contributed by atoms with Gasteiger partial charge in [-0.15, -0.1) is 35.3 Å². The number of hydrogen-bond donors (Lipinski definition) is 1. The summed E-state index contributed by atoms with van der Waals surface area (Å²) in [5.74, 6) is 1.46. The van der Waals surface area contributed by atoms with Gasteiger partial charge in [0.1, 0.15) is 0 Å². The molecule has 30 heavy (non-hydrogen) atoms. The first-order valence-electron chi connectivity index (χ1n) is 10.7. The van der Waals surface area contributed by atoms with Gasteiger partial charge in [0.25, 0.3) is 0 Å². The molecule has 8 heteroatoms. The van der Waals surface area contributed by atoms with Gasteiger partial charge in [0.2, 0.25) is 0 Å². The molecule has 1 atom stereocenters. The fraction of sp³-hybridized carbons (Fsp3) is 0.545. The summed E-state index contributed by atoms with van der Waals surface area (Å²) in [5.41, 5.74) is 9.02. The van der Waals surface area contributed by atoms with Crippen LogP contribution in [0.5, 0.6) is 0 Å².